The van der Waals surface area contributed by atoms with Crippen LogP contribution in [0.25, 0.3) is 0 Å². The molecule has 0 aromatic heterocycles. The Hall–Kier alpha value is -0.0400. The van der Waals surface area contributed by atoms with Gasteiger partial charge in [0.25, 0.3) is 0 Å². The van der Waals surface area contributed by atoms with E-state index in [1.807, 2.05) is 0 Å². The van der Waals surface area contributed by atoms with Crippen LogP contribution in [0.15, 0.2) is 0 Å². The molecule has 0 amide bonds. The molecule has 1 rings (SSSR count). The summed E-state index contributed by atoms with van der Waals surface area (Å²) in [5.74, 6) is 0.895. The van der Waals surface area contributed by atoms with E-state index in [4.69, 9.17) is 0 Å². The minimum Gasteiger partial charge on any atom is -0.313 e. The van der Waals surface area contributed by atoms with Crippen molar-refractivity contribution in [2.75, 3.05) is 6.54 Å². The van der Waals surface area contributed by atoms with Gasteiger partial charge in [0.15, 0.2) is 0 Å². The fraction of sp³-hybridized carbons (Fsp3) is 1.00. The van der Waals surface area contributed by atoms with E-state index >= 15 is 0 Å². The fourth-order valence-electron chi connectivity index (χ4n) is 2.80. The Morgan fingerprint density at radius 1 is 1.19 bits per heavy atom. The van der Waals surface area contributed by atoms with Gasteiger partial charge in [0.05, 0.1) is 0 Å². The molecule has 1 fully saturated rings. The van der Waals surface area contributed by atoms with Gasteiger partial charge >= 0.3 is 0 Å². The van der Waals surface area contributed by atoms with Crippen molar-refractivity contribution in [3.8, 4) is 0 Å². The van der Waals surface area contributed by atoms with Crippen molar-refractivity contribution >= 4 is 0 Å². The Kier molecular flexibility index (Phi) is 5.82. The van der Waals surface area contributed by atoms with Gasteiger partial charge in [-0.25, -0.2) is 0 Å². The van der Waals surface area contributed by atoms with Crippen LogP contribution in [0.4, 0.5) is 0 Å². The van der Waals surface area contributed by atoms with Gasteiger partial charge in [-0.2, -0.15) is 0 Å². The summed E-state index contributed by atoms with van der Waals surface area (Å²) in [6, 6.07) is 0.797. The molecule has 0 heterocycles. The third kappa shape index (κ3) is 4.86. The van der Waals surface area contributed by atoms with Crippen molar-refractivity contribution in [2.45, 2.75) is 78.7 Å². The summed E-state index contributed by atoms with van der Waals surface area (Å²) in [6.07, 6.45) is 9.74. The summed E-state index contributed by atoms with van der Waals surface area (Å²) in [6.45, 7) is 10.7. The third-order valence-electron chi connectivity index (χ3n) is 4.16. The van der Waals surface area contributed by atoms with Gasteiger partial charge in [-0.05, 0) is 30.6 Å². The molecule has 0 radical (unpaired) electrons. The van der Waals surface area contributed by atoms with E-state index in [-0.39, 0.29) is 0 Å². The molecule has 1 aliphatic rings. The topological polar surface area (TPSA) is 12.0 Å². The van der Waals surface area contributed by atoms with Gasteiger partial charge in [0, 0.05) is 12.6 Å². The molecule has 0 spiro atoms. The zero-order valence-corrected chi connectivity index (χ0v) is 11.8. The van der Waals surface area contributed by atoms with Crippen molar-refractivity contribution in [1.82, 2.24) is 5.32 Å². The van der Waals surface area contributed by atoms with Gasteiger partial charge in [-0.1, -0.05) is 53.4 Å². The average molecular weight is 225 g/mol. The lowest BCUT2D eigenvalue weighted by Gasteiger charge is -2.28. The van der Waals surface area contributed by atoms with Crippen LogP contribution in [0.2, 0.25) is 0 Å². The van der Waals surface area contributed by atoms with Crippen molar-refractivity contribution in [1.29, 1.82) is 0 Å². The van der Waals surface area contributed by atoms with Crippen LogP contribution in [-0.2, 0) is 0 Å². The lowest BCUT2D eigenvalue weighted by molar-refractivity contribution is 0.274. The molecule has 1 nitrogen and oxygen atoms in total. The lowest BCUT2D eigenvalue weighted by atomic mass is 9.86. The Labute approximate surface area is 102 Å². The zero-order chi connectivity index (χ0) is 12.0. The number of nitrogens with one attached hydrogen (secondary N) is 1. The summed E-state index contributed by atoms with van der Waals surface area (Å²) < 4.78 is 0. The first kappa shape index (κ1) is 14.0. The van der Waals surface area contributed by atoms with Crippen molar-refractivity contribution in [3.63, 3.8) is 0 Å². The Morgan fingerprint density at radius 2 is 1.94 bits per heavy atom. The van der Waals surface area contributed by atoms with Crippen LogP contribution in [0.3, 0.4) is 0 Å². The second-order valence-electron chi connectivity index (χ2n) is 6.52. The number of hydrogen-bond acceptors (Lipinski definition) is 1. The van der Waals surface area contributed by atoms with Crippen LogP contribution in [-0.4, -0.2) is 12.6 Å². The lowest BCUT2D eigenvalue weighted by Crippen LogP contribution is -2.38. The van der Waals surface area contributed by atoms with E-state index in [0.29, 0.717) is 5.41 Å². The number of rotatable bonds is 7. The highest BCUT2D eigenvalue weighted by molar-refractivity contribution is 4.82. The SMILES string of the molecule is CCCCCC(C)(C)CNC1CCCC1C. The first-order valence-corrected chi connectivity index (χ1v) is 7.28. The van der Waals surface area contributed by atoms with Gasteiger partial charge in [0.2, 0.25) is 0 Å². The molecular weight excluding hydrogens is 194 g/mol. The van der Waals surface area contributed by atoms with Crippen LogP contribution in [0.5, 0.6) is 0 Å². The Bertz CT molecular complexity index is 186. The Morgan fingerprint density at radius 3 is 2.50 bits per heavy atom. The van der Waals surface area contributed by atoms with Crippen LogP contribution >= 0.6 is 0 Å². The summed E-state index contributed by atoms with van der Waals surface area (Å²) in [4.78, 5) is 0. The minimum absolute atomic E-state index is 0.484. The molecule has 0 saturated heterocycles. The number of unbranched alkanes of at least 4 members (excludes halogenated alkanes) is 2. The fourth-order valence-corrected chi connectivity index (χ4v) is 2.80. The van der Waals surface area contributed by atoms with Crippen molar-refractivity contribution < 1.29 is 0 Å². The molecule has 96 valence electrons. The van der Waals surface area contributed by atoms with Gasteiger partial charge in [0.1, 0.15) is 0 Å². The highest BCUT2D eigenvalue weighted by Crippen LogP contribution is 2.27. The minimum atomic E-state index is 0.484. The first-order valence-electron chi connectivity index (χ1n) is 7.28. The van der Waals surface area contributed by atoms with E-state index in [1.54, 1.807) is 0 Å². The quantitative estimate of drug-likeness (QED) is 0.634. The molecule has 1 N–H and O–H groups in total. The molecule has 16 heavy (non-hydrogen) atoms. The monoisotopic (exact) mass is 225 g/mol. The summed E-state index contributed by atoms with van der Waals surface area (Å²) >= 11 is 0. The van der Waals surface area contributed by atoms with E-state index in [9.17, 15) is 0 Å². The standard InChI is InChI=1S/C15H31N/c1-5-6-7-11-15(3,4)12-16-14-10-8-9-13(14)2/h13-14,16H,5-12H2,1-4H3. The van der Waals surface area contributed by atoms with Crippen LogP contribution in [0.1, 0.15) is 72.6 Å². The molecule has 1 heteroatoms. The molecular formula is C15H31N. The predicted octanol–water partition coefficient (Wildman–Crippen LogP) is 4.37. The maximum atomic E-state index is 3.80. The zero-order valence-electron chi connectivity index (χ0n) is 11.8. The molecule has 2 unspecified atom stereocenters. The molecule has 0 aliphatic heterocycles. The van der Waals surface area contributed by atoms with Gasteiger partial charge < -0.3 is 5.32 Å². The summed E-state index contributed by atoms with van der Waals surface area (Å²) in [7, 11) is 0. The van der Waals surface area contributed by atoms with Crippen LogP contribution < -0.4 is 5.32 Å². The summed E-state index contributed by atoms with van der Waals surface area (Å²) in [5.41, 5.74) is 0.484. The molecule has 0 bridgehead atoms. The highest BCUT2D eigenvalue weighted by Gasteiger charge is 2.25. The smallest absolute Gasteiger partial charge is 0.00929 e. The maximum absolute atomic E-state index is 3.80. The van der Waals surface area contributed by atoms with Gasteiger partial charge in [-0.3, -0.25) is 0 Å². The number of hydrogen-bond donors (Lipinski definition) is 1. The third-order valence-corrected chi connectivity index (χ3v) is 4.16. The first-order chi connectivity index (χ1) is 7.55. The van der Waals surface area contributed by atoms with E-state index in [2.05, 4.69) is 33.0 Å². The van der Waals surface area contributed by atoms with E-state index < -0.39 is 0 Å². The molecule has 0 aromatic rings. The molecule has 1 aliphatic carbocycles. The highest BCUT2D eigenvalue weighted by atomic mass is 14.9. The second kappa shape index (κ2) is 6.64. The van der Waals surface area contributed by atoms with Crippen molar-refractivity contribution in [2.24, 2.45) is 11.3 Å². The maximum Gasteiger partial charge on any atom is 0.00929 e. The second-order valence-corrected chi connectivity index (χ2v) is 6.52. The summed E-state index contributed by atoms with van der Waals surface area (Å²) in [5, 5.41) is 3.80. The van der Waals surface area contributed by atoms with Crippen molar-refractivity contribution in [3.05, 3.63) is 0 Å². The predicted molar refractivity (Wildman–Crippen MR) is 72.7 cm³/mol. The van der Waals surface area contributed by atoms with E-state index in [1.165, 1.54) is 51.5 Å². The normalized spacial score (nSPS) is 26.2. The molecule has 0 aromatic carbocycles. The Balaban J connectivity index is 2.18. The van der Waals surface area contributed by atoms with Gasteiger partial charge in [-0.15, -0.1) is 0 Å². The van der Waals surface area contributed by atoms with Crippen LogP contribution in [0, 0.1) is 11.3 Å². The van der Waals surface area contributed by atoms with E-state index in [0.717, 1.165) is 12.0 Å². The molecule has 2 atom stereocenters. The molecule has 1 saturated carbocycles. The average Bonchev–Trinajstić information content (AvgIpc) is 2.62. The largest absolute Gasteiger partial charge is 0.313 e.